The van der Waals surface area contributed by atoms with E-state index in [4.69, 9.17) is 23.2 Å². The molecular formula is C19H24Cl3N3O2. The number of nitrogens with zero attached hydrogens (tertiary/aromatic N) is 2. The Bertz CT molecular complexity index is 716. The standard InChI is InChI=1S/C19H23Cl2N3O2.ClH/c20-15-6-3-12(10-16(15)21)18(25)23-9-1-2-17(23)19(26)24-13-4-5-14(24)11-22-8-7-13;/h3,6,10,13-14,17,22H,1-2,4-5,7-9,11H2;1H. The van der Waals surface area contributed by atoms with Crippen molar-refractivity contribution in [1.29, 1.82) is 0 Å². The number of hydrogen-bond acceptors (Lipinski definition) is 3. The lowest BCUT2D eigenvalue weighted by molar-refractivity contribution is -0.137. The molecule has 5 nitrogen and oxygen atoms in total. The number of carbonyl (C=O) groups is 2. The molecule has 3 saturated heterocycles. The average Bonchev–Trinajstić information content (AvgIpc) is 3.20. The van der Waals surface area contributed by atoms with Crippen molar-refractivity contribution >= 4 is 47.4 Å². The van der Waals surface area contributed by atoms with Gasteiger partial charge in [0.2, 0.25) is 5.91 Å². The second-order valence-corrected chi connectivity index (χ2v) is 8.22. The molecule has 0 radical (unpaired) electrons. The van der Waals surface area contributed by atoms with Crippen LogP contribution in [0.5, 0.6) is 0 Å². The molecule has 1 aromatic carbocycles. The van der Waals surface area contributed by atoms with Gasteiger partial charge in [-0.15, -0.1) is 12.4 Å². The number of hydrogen-bond donors (Lipinski definition) is 1. The zero-order valence-electron chi connectivity index (χ0n) is 15.0. The van der Waals surface area contributed by atoms with Crippen molar-refractivity contribution < 1.29 is 9.59 Å². The lowest BCUT2D eigenvalue weighted by Gasteiger charge is -2.33. The molecular weight excluding hydrogens is 409 g/mol. The Morgan fingerprint density at radius 1 is 1.04 bits per heavy atom. The summed E-state index contributed by atoms with van der Waals surface area (Å²) < 4.78 is 0. The summed E-state index contributed by atoms with van der Waals surface area (Å²) in [5.41, 5.74) is 0.486. The van der Waals surface area contributed by atoms with Crippen molar-refractivity contribution in [2.24, 2.45) is 0 Å². The molecule has 0 spiro atoms. The number of benzene rings is 1. The monoisotopic (exact) mass is 431 g/mol. The maximum atomic E-state index is 13.3. The minimum absolute atomic E-state index is 0. The summed E-state index contributed by atoms with van der Waals surface area (Å²) in [6, 6.07) is 5.10. The van der Waals surface area contributed by atoms with Gasteiger partial charge in [0.05, 0.1) is 10.0 Å². The summed E-state index contributed by atoms with van der Waals surface area (Å²) in [5, 5.41) is 4.20. The first-order valence-electron chi connectivity index (χ1n) is 9.35. The van der Waals surface area contributed by atoms with Gasteiger partial charge in [-0.1, -0.05) is 23.2 Å². The maximum Gasteiger partial charge on any atom is 0.254 e. The predicted molar refractivity (Wildman–Crippen MR) is 109 cm³/mol. The summed E-state index contributed by atoms with van der Waals surface area (Å²) in [7, 11) is 0. The number of halogens is 3. The van der Waals surface area contributed by atoms with Gasteiger partial charge < -0.3 is 15.1 Å². The van der Waals surface area contributed by atoms with Gasteiger partial charge in [0.1, 0.15) is 6.04 Å². The van der Waals surface area contributed by atoms with Crippen LogP contribution in [0, 0.1) is 0 Å². The van der Waals surface area contributed by atoms with Crippen LogP contribution in [0.4, 0.5) is 0 Å². The molecule has 3 aliphatic heterocycles. The molecule has 27 heavy (non-hydrogen) atoms. The van der Waals surface area contributed by atoms with E-state index in [1.807, 2.05) is 0 Å². The molecule has 2 amide bonds. The first-order chi connectivity index (χ1) is 12.6. The molecule has 4 rings (SSSR count). The first kappa shape index (κ1) is 20.7. The normalized spacial score (nSPS) is 27.3. The van der Waals surface area contributed by atoms with E-state index in [0.717, 1.165) is 45.2 Å². The number of likely N-dealkylation sites (tertiary alicyclic amines) is 1. The maximum absolute atomic E-state index is 13.3. The summed E-state index contributed by atoms with van der Waals surface area (Å²) >= 11 is 12.0. The van der Waals surface area contributed by atoms with E-state index < -0.39 is 0 Å². The zero-order chi connectivity index (χ0) is 18.3. The molecule has 2 bridgehead atoms. The molecule has 3 aliphatic rings. The van der Waals surface area contributed by atoms with Crippen LogP contribution in [0.2, 0.25) is 10.0 Å². The fourth-order valence-corrected chi connectivity index (χ4v) is 4.87. The van der Waals surface area contributed by atoms with Crippen LogP contribution >= 0.6 is 35.6 Å². The number of rotatable bonds is 2. The lowest BCUT2D eigenvalue weighted by atomic mass is 10.1. The van der Waals surface area contributed by atoms with E-state index in [1.165, 1.54) is 0 Å². The van der Waals surface area contributed by atoms with Gasteiger partial charge >= 0.3 is 0 Å². The summed E-state index contributed by atoms with van der Waals surface area (Å²) in [4.78, 5) is 30.1. The van der Waals surface area contributed by atoms with Crippen LogP contribution in [-0.4, -0.2) is 59.4 Å². The van der Waals surface area contributed by atoms with E-state index in [2.05, 4.69) is 10.2 Å². The van der Waals surface area contributed by atoms with Gasteiger partial charge in [-0.2, -0.15) is 0 Å². The minimum Gasteiger partial charge on any atom is -0.334 e. The van der Waals surface area contributed by atoms with Crippen molar-refractivity contribution in [2.45, 2.75) is 50.2 Å². The summed E-state index contributed by atoms with van der Waals surface area (Å²) in [6.45, 7) is 2.42. The Hall–Kier alpha value is -1.01. The van der Waals surface area contributed by atoms with Gasteiger partial charge in [-0.05, 0) is 56.8 Å². The highest BCUT2D eigenvalue weighted by molar-refractivity contribution is 6.42. The third kappa shape index (κ3) is 3.93. The van der Waals surface area contributed by atoms with Gasteiger partial charge in [0, 0.05) is 30.7 Å². The van der Waals surface area contributed by atoms with Crippen molar-refractivity contribution in [2.75, 3.05) is 19.6 Å². The van der Waals surface area contributed by atoms with E-state index >= 15 is 0 Å². The molecule has 148 valence electrons. The van der Waals surface area contributed by atoms with Crippen molar-refractivity contribution in [3.05, 3.63) is 33.8 Å². The third-order valence-corrected chi connectivity index (χ3v) is 6.61. The number of fused-ring (bicyclic) bond motifs is 2. The van der Waals surface area contributed by atoms with E-state index in [9.17, 15) is 9.59 Å². The molecule has 3 unspecified atom stereocenters. The fourth-order valence-electron chi connectivity index (χ4n) is 4.58. The highest BCUT2D eigenvalue weighted by atomic mass is 35.5. The largest absolute Gasteiger partial charge is 0.334 e. The molecule has 3 fully saturated rings. The molecule has 0 aliphatic carbocycles. The van der Waals surface area contributed by atoms with Crippen molar-refractivity contribution in [3.8, 4) is 0 Å². The second kappa shape index (κ2) is 8.56. The molecule has 1 N–H and O–H groups in total. The fraction of sp³-hybridized carbons (Fsp3) is 0.579. The minimum atomic E-state index is -0.363. The highest BCUT2D eigenvalue weighted by Gasteiger charge is 2.44. The SMILES string of the molecule is Cl.O=C(c1ccc(Cl)c(Cl)c1)N1CCCC1C(=O)N1C2CCNCC1CC2. The highest BCUT2D eigenvalue weighted by Crippen LogP contribution is 2.32. The van der Waals surface area contributed by atoms with E-state index in [0.29, 0.717) is 28.2 Å². The van der Waals surface area contributed by atoms with Crippen LogP contribution in [-0.2, 0) is 4.79 Å². The van der Waals surface area contributed by atoms with E-state index in [-0.39, 0.29) is 36.3 Å². The molecule has 1 aromatic rings. The van der Waals surface area contributed by atoms with Crippen LogP contribution < -0.4 is 5.32 Å². The third-order valence-electron chi connectivity index (χ3n) is 5.87. The van der Waals surface area contributed by atoms with Gasteiger partial charge in [0.15, 0.2) is 0 Å². The van der Waals surface area contributed by atoms with Gasteiger partial charge in [0.25, 0.3) is 5.91 Å². The summed E-state index contributed by atoms with van der Waals surface area (Å²) in [5.74, 6) is -0.0215. The Kier molecular flexibility index (Phi) is 6.57. The first-order valence-corrected chi connectivity index (χ1v) is 10.1. The Labute approximate surface area is 175 Å². The molecule has 3 heterocycles. The number of nitrogens with one attached hydrogen (secondary N) is 1. The van der Waals surface area contributed by atoms with Crippen LogP contribution in [0.25, 0.3) is 0 Å². The quantitative estimate of drug-likeness (QED) is 0.779. The molecule has 8 heteroatoms. The number of carbonyl (C=O) groups excluding carboxylic acids is 2. The van der Waals surface area contributed by atoms with Gasteiger partial charge in [-0.25, -0.2) is 0 Å². The molecule has 0 aromatic heterocycles. The Balaban J connectivity index is 0.00000210. The molecule has 0 saturated carbocycles. The predicted octanol–water partition coefficient (Wildman–Crippen LogP) is 3.37. The Morgan fingerprint density at radius 3 is 2.59 bits per heavy atom. The van der Waals surface area contributed by atoms with E-state index in [1.54, 1.807) is 23.1 Å². The van der Waals surface area contributed by atoms with Crippen LogP contribution in [0.1, 0.15) is 42.5 Å². The number of amides is 2. The smallest absolute Gasteiger partial charge is 0.254 e. The zero-order valence-corrected chi connectivity index (χ0v) is 17.3. The van der Waals surface area contributed by atoms with Crippen LogP contribution in [0.15, 0.2) is 18.2 Å². The molecule has 3 atom stereocenters. The summed E-state index contributed by atoms with van der Waals surface area (Å²) in [6.07, 6.45) is 4.71. The van der Waals surface area contributed by atoms with Crippen LogP contribution in [0.3, 0.4) is 0 Å². The second-order valence-electron chi connectivity index (χ2n) is 7.41. The van der Waals surface area contributed by atoms with Gasteiger partial charge in [-0.3, -0.25) is 9.59 Å². The van der Waals surface area contributed by atoms with Crippen molar-refractivity contribution in [3.63, 3.8) is 0 Å². The topological polar surface area (TPSA) is 52.7 Å². The lowest BCUT2D eigenvalue weighted by Crippen LogP contribution is -2.52. The Morgan fingerprint density at radius 2 is 1.81 bits per heavy atom. The average molecular weight is 433 g/mol. The van der Waals surface area contributed by atoms with Crippen molar-refractivity contribution in [1.82, 2.24) is 15.1 Å².